The predicted molar refractivity (Wildman–Crippen MR) is 110 cm³/mol. The van der Waals surface area contributed by atoms with Crippen molar-refractivity contribution in [3.05, 3.63) is 59.7 Å². The molecule has 176 valence electrons. The van der Waals surface area contributed by atoms with Gasteiger partial charge in [0.2, 0.25) is 0 Å². The van der Waals surface area contributed by atoms with Crippen LogP contribution in [0.1, 0.15) is 11.1 Å². The molecule has 1 aliphatic rings. The molecule has 32 heavy (non-hydrogen) atoms. The Bertz CT molecular complexity index is 1130. The first kappa shape index (κ1) is 24.7. The fourth-order valence-electron chi connectivity index (χ4n) is 3.00. The van der Waals surface area contributed by atoms with Gasteiger partial charge < -0.3 is 20.1 Å². The molecule has 0 amide bonds. The molecule has 0 spiro atoms. The Morgan fingerprint density at radius 1 is 0.781 bits per heavy atom. The second kappa shape index (κ2) is 9.53. The largest absolute Gasteiger partial charge is 0.387 e. The highest BCUT2D eigenvalue weighted by Crippen LogP contribution is 2.27. The van der Waals surface area contributed by atoms with E-state index in [9.17, 15) is 32.2 Å². The van der Waals surface area contributed by atoms with E-state index >= 15 is 0 Å². The summed E-state index contributed by atoms with van der Waals surface area (Å²) in [5.41, 5.74) is 1.65. The number of benzene rings is 2. The Kier molecular flexibility index (Phi) is 7.37. The maximum atomic E-state index is 12.4. The predicted octanol–water partition coefficient (Wildman–Crippen LogP) is 0.222. The first-order valence-corrected chi connectivity index (χ1v) is 12.4. The molecule has 1 fully saturated rings. The molecule has 3 rings (SSSR count). The summed E-state index contributed by atoms with van der Waals surface area (Å²) in [5, 5.41) is 30.8. The molecule has 2 aromatic rings. The van der Waals surface area contributed by atoms with Gasteiger partial charge in [0.25, 0.3) is 20.2 Å². The number of aliphatic hydroxyl groups is 3. The van der Waals surface area contributed by atoms with E-state index in [1.807, 2.05) is 0 Å². The number of aliphatic hydroxyl groups excluding tert-OH is 3. The van der Waals surface area contributed by atoms with E-state index in [0.29, 0.717) is 0 Å². The Morgan fingerprint density at radius 3 is 1.75 bits per heavy atom. The summed E-state index contributed by atoms with van der Waals surface area (Å²) < 4.78 is 64.4. The maximum absolute atomic E-state index is 12.4. The van der Waals surface area contributed by atoms with Crippen molar-refractivity contribution in [2.45, 2.75) is 54.3 Å². The van der Waals surface area contributed by atoms with E-state index in [-0.39, 0.29) is 9.79 Å². The van der Waals surface area contributed by atoms with Crippen LogP contribution < -0.4 is 0 Å². The SMILES string of the molecule is Cc1ccc(S(=O)(=O)OC[C@H]2O[C@H](O)[C@@H](OS(=O)(=O)c3ccc(C)cc3)[C@@H](O)[C@@H]2O)cc1. The zero-order valence-corrected chi connectivity index (χ0v) is 18.9. The maximum Gasteiger partial charge on any atom is 0.297 e. The van der Waals surface area contributed by atoms with Crippen molar-refractivity contribution in [3.63, 3.8) is 0 Å². The van der Waals surface area contributed by atoms with Crippen LogP contribution in [-0.4, -0.2) is 69.5 Å². The van der Waals surface area contributed by atoms with E-state index in [2.05, 4.69) is 0 Å². The van der Waals surface area contributed by atoms with Crippen molar-refractivity contribution < 1.29 is 45.3 Å². The van der Waals surface area contributed by atoms with Crippen LogP contribution in [0.3, 0.4) is 0 Å². The Hall–Kier alpha value is -1.90. The molecule has 1 heterocycles. The minimum atomic E-state index is -4.40. The lowest BCUT2D eigenvalue weighted by Crippen LogP contribution is -2.60. The topological polar surface area (TPSA) is 157 Å². The molecule has 2 aromatic carbocycles. The summed E-state index contributed by atoms with van der Waals surface area (Å²) in [4.78, 5) is -0.341. The number of rotatable bonds is 7. The second-order valence-electron chi connectivity index (χ2n) is 7.43. The van der Waals surface area contributed by atoms with Gasteiger partial charge in [0.05, 0.1) is 16.4 Å². The van der Waals surface area contributed by atoms with Gasteiger partial charge in [0.1, 0.15) is 18.3 Å². The molecule has 0 aromatic heterocycles. The highest BCUT2D eigenvalue weighted by Gasteiger charge is 2.47. The first-order valence-electron chi connectivity index (χ1n) is 9.56. The highest BCUT2D eigenvalue weighted by molar-refractivity contribution is 7.87. The van der Waals surface area contributed by atoms with Crippen LogP contribution in [0.2, 0.25) is 0 Å². The molecule has 0 bridgehead atoms. The van der Waals surface area contributed by atoms with Gasteiger partial charge >= 0.3 is 0 Å². The minimum Gasteiger partial charge on any atom is -0.387 e. The fraction of sp³-hybridized carbons (Fsp3) is 0.400. The summed E-state index contributed by atoms with van der Waals surface area (Å²) in [7, 11) is -8.59. The zero-order valence-electron chi connectivity index (χ0n) is 17.2. The zero-order chi connectivity index (χ0) is 23.7. The Balaban J connectivity index is 1.68. The third-order valence-corrected chi connectivity index (χ3v) is 7.53. The van der Waals surface area contributed by atoms with Gasteiger partial charge in [0.15, 0.2) is 12.4 Å². The molecule has 10 nitrogen and oxygen atoms in total. The number of ether oxygens (including phenoxy) is 1. The van der Waals surface area contributed by atoms with E-state index in [0.717, 1.165) is 11.1 Å². The molecular formula is C20H24O10S2. The first-order chi connectivity index (χ1) is 14.9. The Labute approximate surface area is 186 Å². The van der Waals surface area contributed by atoms with Crippen LogP contribution in [0.4, 0.5) is 0 Å². The van der Waals surface area contributed by atoms with Crippen LogP contribution in [0, 0.1) is 13.8 Å². The second-order valence-corrected chi connectivity index (χ2v) is 10.6. The van der Waals surface area contributed by atoms with Crippen molar-refractivity contribution in [1.82, 2.24) is 0 Å². The van der Waals surface area contributed by atoms with E-state index in [1.54, 1.807) is 26.0 Å². The number of hydrogen-bond donors (Lipinski definition) is 3. The van der Waals surface area contributed by atoms with Crippen LogP contribution >= 0.6 is 0 Å². The quantitative estimate of drug-likeness (QED) is 0.461. The fourth-order valence-corrected chi connectivity index (χ4v) is 5.00. The lowest BCUT2D eigenvalue weighted by atomic mass is 9.99. The minimum absolute atomic E-state index is 0.125. The number of aryl methyl sites for hydroxylation is 2. The molecule has 0 aliphatic carbocycles. The molecule has 1 saturated heterocycles. The summed E-state index contributed by atoms with van der Waals surface area (Å²) in [5.74, 6) is 0. The van der Waals surface area contributed by atoms with Gasteiger partial charge in [-0.3, -0.25) is 8.37 Å². The summed E-state index contributed by atoms with van der Waals surface area (Å²) in [6.45, 7) is 2.81. The average molecular weight is 489 g/mol. The molecule has 0 saturated carbocycles. The summed E-state index contributed by atoms with van der Waals surface area (Å²) in [6, 6.07) is 11.5. The van der Waals surface area contributed by atoms with Crippen molar-refractivity contribution in [2.75, 3.05) is 6.61 Å². The van der Waals surface area contributed by atoms with E-state index in [4.69, 9.17) is 13.1 Å². The standard InChI is InChI=1S/C20H24O10S2/c1-12-3-7-14(8-4-12)31(24,25)28-11-16-17(21)18(22)19(20(23)29-16)30-32(26,27)15-9-5-13(2)6-10-15/h3-10,16-23H,11H2,1-2H3/t16-,17-,18+,19+,20+/m1/s1. The van der Waals surface area contributed by atoms with Crippen molar-refractivity contribution in [3.8, 4) is 0 Å². The van der Waals surface area contributed by atoms with E-state index < -0.39 is 57.5 Å². The Morgan fingerprint density at radius 2 is 1.25 bits per heavy atom. The van der Waals surface area contributed by atoms with Gasteiger partial charge in [-0.2, -0.15) is 16.8 Å². The lowest BCUT2D eigenvalue weighted by molar-refractivity contribution is -0.278. The molecular weight excluding hydrogens is 464 g/mol. The lowest BCUT2D eigenvalue weighted by Gasteiger charge is -2.39. The average Bonchev–Trinajstić information content (AvgIpc) is 2.73. The summed E-state index contributed by atoms with van der Waals surface area (Å²) >= 11 is 0. The van der Waals surface area contributed by atoms with Gasteiger partial charge in [0, 0.05) is 0 Å². The van der Waals surface area contributed by atoms with Gasteiger partial charge in [-0.05, 0) is 38.1 Å². The molecule has 12 heteroatoms. The molecule has 3 N–H and O–H groups in total. The molecule has 5 atom stereocenters. The van der Waals surface area contributed by atoms with Gasteiger partial charge in [-0.25, -0.2) is 0 Å². The van der Waals surface area contributed by atoms with Crippen molar-refractivity contribution in [1.29, 1.82) is 0 Å². The molecule has 0 radical (unpaired) electrons. The van der Waals surface area contributed by atoms with Crippen molar-refractivity contribution in [2.24, 2.45) is 0 Å². The van der Waals surface area contributed by atoms with E-state index in [1.165, 1.54) is 36.4 Å². The van der Waals surface area contributed by atoms with Gasteiger partial charge in [-0.15, -0.1) is 0 Å². The van der Waals surface area contributed by atoms with Crippen LogP contribution in [0.5, 0.6) is 0 Å². The third-order valence-electron chi connectivity index (χ3n) is 4.91. The third kappa shape index (κ3) is 5.53. The highest BCUT2D eigenvalue weighted by atomic mass is 32.2. The van der Waals surface area contributed by atoms with Gasteiger partial charge in [-0.1, -0.05) is 35.4 Å². The van der Waals surface area contributed by atoms with Crippen LogP contribution in [0.25, 0.3) is 0 Å². The smallest absolute Gasteiger partial charge is 0.297 e. The van der Waals surface area contributed by atoms with Crippen LogP contribution in [0.15, 0.2) is 58.3 Å². The molecule has 0 unspecified atom stereocenters. The summed E-state index contributed by atoms with van der Waals surface area (Å²) in [6.07, 6.45) is -9.01. The van der Waals surface area contributed by atoms with Crippen molar-refractivity contribution >= 4 is 20.2 Å². The molecule has 1 aliphatic heterocycles. The van der Waals surface area contributed by atoms with Crippen LogP contribution in [-0.2, 0) is 33.3 Å². The number of hydrogen-bond acceptors (Lipinski definition) is 10. The normalized spacial score (nSPS) is 26.7. The monoisotopic (exact) mass is 488 g/mol.